The second kappa shape index (κ2) is 8.62. The van der Waals surface area contributed by atoms with Crippen LogP contribution in [0.15, 0.2) is 54.3 Å². The second-order valence-electron chi connectivity index (χ2n) is 6.51. The molecule has 152 valence electrons. The molecular formula is C21H20ClNO5S. The number of allylic oxidation sites excluding steroid dienone is 2. The summed E-state index contributed by atoms with van der Waals surface area (Å²) in [4.78, 5) is 0. The van der Waals surface area contributed by atoms with Crippen LogP contribution in [-0.4, -0.2) is 0 Å². The number of hydrogen-bond acceptors (Lipinski definition) is 6. The predicted octanol–water partition coefficient (Wildman–Crippen LogP) is 0.598. The third-order valence-corrected chi connectivity index (χ3v) is 5.48. The van der Waals surface area contributed by atoms with Crippen LogP contribution in [0.4, 0.5) is 0 Å². The van der Waals surface area contributed by atoms with Crippen molar-refractivity contribution in [2.75, 3.05) is 0 Å². The molecule has 1 aromatic heterocycles. The molecule has 0 aliphatic carbocycles. The number of halogens is 1. The van der Waals surface area contributed by atoms with Gasteiger partial charge in [-0.05, 0) is 50.1 Å². The first-order valence-corrected chi connectivity index (χ1v) is 10.9. The normalized spacial score (nSPS) is 14.7. The van der Waals surface area contributed by atoms with Gasteiger partial charge >= 0.3 is 0 Å². The van der Waals surface area contributed by atoms with E-state index in [1.807, 2.05) is 29.5 Å². The molecule has 0 amide bonds. The van der Waals surface area contributed by atoms with Gasteiger partial charge < -0.3 is 4.74 Å². The summed E-state index contributed by atoms with van der Waals surface area (Å²) in [5, 5.41) is 1.22. The minimum atomic E-state index is -4.94. The van der Waals surface area contributed by atoms with E-state index < -0.39 is 10.2 Å². The quantitative estimate of drug-likeness (QED) is 0.550. The number of thiazole rings is 1. The maximum Gasteiger partial charge on any atom is 0.266 e. The Morgan fingerprint density at radius 3 is 2.45 bits per heavy atom. The van der Waals surface area contributed by atoms with Crippen LogP contribution in [0.2, 0.25) is 0 Å². The smallest absolute Gasteiger partial charge is 0.266 e. The molecule has 1 aliphatic rings. The van der Waals surface area contributed by atoms with Gasteiger partial charge in [-0.2, -0.15) is 4.57 Å². The van der Waals surface area contributed by atoms with Crippen molar-refractivity contribution in [3.8, 4) is 5.75 Å². The minimum Gasteiger partial charge on any atom is -0.456 e. The van der Waals surface area contributed by atoms with Crippen LogP contribution in [0.3, 0.4) is 0 Å². The summed E-state index contributed by atoms with van der Waals surface area (Å²) >= 11 is 1.81. The molecule has 0 bridgehead atoms. The SMILES string of the molecule is CC[n+]1c(/C=C2\C=C(C)c3ccccc3O2)sc2ccc(C)cc21.[O-][Cl+3]([O-])([O-])[O-]. The Morgan fingerprint density at radius 1 is 1.07 bits per heavy atom. The van der Waals surface area contributed by atoms with Gasteiger partial charge in [-0.3, -0.25) is 0 Å². The van der Waals surface area contributed by atoms with E-state index >= 15 is 0 Å². The Morgan fingerprint density at radius 2 is 1.76 bits per heavy atom. The van der Waals surface area contributed by atoms with Gasteiger partial charge in [0, 0.05) is 11.6 Å². The van der Waals surface area contributed by atoms with E-state index in [1.54, 1.807) is 0 Å². The molecule has 0 fully saturated rings. The Balaban J connectivity index is 0.000000431. The highest BCUT2D eigenvalue weighted by Crippen LogP contribution is 2.33. The molecule has 4 rings (SSSR count). The van der Waals surface area contributed by atoms with Crippen LogP contribution >= 0.6 is 11.3 Å². The van der Waals surface area contributed by atoms with Crippen LogP contribution in [0, 0.1) is 17.2 Å². The van der Waals surface area contributed by atoms with Gasteiger partial charge in [-0.1, -0.05) is 35.6 Å². The first-order chi connectivity index (χ1) is 13.7. The number of hydrogen-bond donors (Lipinski definition) is 0. The summed E-state index contributed by atoms with van der Waals surface area (Å²) in [6, 6.07) is 14.8. The van der Waals surface area contributed by atoms with Crippen LogP contribution in [0.5, 0.6) is 5.75 Å². The number of fused-ring (bicyclic) bond motifs is 2. The molecule has 3 aromatic rings. The van der Waals surface area contributed by atoms with Crippen molar-refractivity contribution < 1.29 is 38.2 Å². The van der Waals surface area contributed by atoms with E-state index in [2.05, 4.69) is 61.8 Å². The maximum atomic E-state index is 8.49. The number of aryl methyl sites for hydroxylation is 2. The molecule has 0 unspecified atom stereocenters. The lowest BCUT2D eigenvalue weighted by atomic mass is 10.0. The average molecular weight is 434 g/mol. The van der Waals surface area contributed by atoms with Crippen molar-refractivity contribution in [2.24, 2.45) is 0 Å². The van der Waals surface area contributed by atoms with Crippen LogP contribution in [0.1, 0.15) is 30.0 Å². The van der Waals surface area contributed by atoms with Gasteiger partial charge in [-0.15, -0.1) is 10.2 Å². The summed E-state index contributed by atoms with van der Waals surface area (Å²) in [6.07, 6.45) is 4.28. The van der Waals surface area contributed by atoms with E-state index in [4.69, 9.17) is 23.4 Å². The molecule has 1 aliphatic heterocycles. The fraction of sp³-hybridized carbons (Fsp3) is 0.190. The molecule has 2 heterocycles. The van der Waals surface area contributed by atoms with Crippen LogP contribution in [-0.2, 0) is 6.54 Å². The van der Waals surface area contributed by atoms with Gasteiger partial charge in [0.05, 0.1) is 6.08 Å². The molecule has 0 N–H and O–H groups in total. The van der Waals surface area contributed by atoms with Gasteiger partial charge in [-0.25, -0.2) is 18.6 Å². The standard InChI is InChI=1S/C21H20NOS.ClHO4/c1-4-22-18-11-14(2)9-10-20(18)24-21(22)13-16-12-15(3)17-7-5-6-8-19(17)23-16;2-1(3,4)5/h5-13H,4H2,1-3H3;(H,2,3,4,5)/q+1;/p-1/b16-13+;. The number of nitrogens with zero attached hydrogens (tertiary/aromatic N) is 1. The highest BCUT2D eigenvalue weighted by atomic mass is 35.7. The zero-order chi connectivity index (χ0) is 21.2. The molecule has 2 aromatic carbocycles. The zero-order valence-electron chi connectivity index (χ0n) is 16.2. The first-order valence-electron chi connectivity index (χ1n) is 8.87. The second-order valence-corrected chi connectivity index (χ2v) is 8.32. The molecule has 0 atom stereocenters. The molecule has 0 saturated heterocycles. The number of ether oxygens (including phenoxy) is 1. The van der Waals surface area contributed by atoms with Crippen molar-refractivity contribution in [1.29, 1.82) is 0 Å². The lowest BCUT2D eigenvalue weighted by molar-refractivity contribution is -2.00. The number of benzene rings is 2. The van der Waals surface area contributed by atoms with Crippen LogP contribution < -0.4 is 27.9 Å². The third-order valence-electron chi connectivity index (χ3n) is 4.37. The lowest BCUT2D eigenvalue weighted by Crippen LogP contribution is -2.68. The van der Waals surface area contributed by atoms with Crippen molar-refractivity contribution in [1.82, 2.24) is 0 Å². The Kier molecular flexibility index (Phi) is 6.38. The fourth-order valence-electron chi connectivity index (χ4n) is 3.17. The summed E-state index contributed by atoms with van der Waals surface area (Å²) < 4.78 is 43.7. The van der Waals surface area contributed by atoms with Crippen molar-refractivity contribution in [3.05, 3.63) is 70.4 Å². The molecule has 8 heteroatoms. The van der Waals surface area contributed by atoms with Gasteiger partial charge in [0.2, 0.25) is 5.52 Å². The highest BCUT2D eigenvalue weighted by Gasteiger charge is 2.20. The number of rotatable bonds is 2. The van der Waals surface area contributed by atoms with Crippen molar-refractivity contribution >= 4 is 33.2 Å². The van der Waals surface area contributed by atoms with E-state index in [0.29, 0.717) is 0 Å². The molecule has 29 heavy (non-hydrogen) atoms. The van der Waals surface area contributed by atoms with E-state index in [-0.39, 0.29) is 0 Å². The van der Waals surface area contributed by atoms with Gasteiger partial charge in [0.25, 0.3) is 5.01 Å². The van der Waals surface area contributed by atoms with Crippen molar-refractivity contribution in [2.45, 2.75) is 27.3 Å². The summed E-state index contributed by atoms with van der Waals surface area (Å²) in [6.45, 7) is 7.41. The molecule has 0 saturated carbocycles. The largest absolute Gasteiger partial charge is 0.456 e. The van der Waals surface area contributed by atoms with Crippen molar-refractivity contribution in [3.63, 3.8) is 0 Å². The zero-order valence-corrected chi connectivity index (χ0v) is 17.8. The summed E-state index contributed by atoms with van der Waals surface area (Å²) in [7, 11) is -4.94. The van der Waals surface area contributed by atoms with E-state index in [9.17, 15) is 0 Å². The molecular weight excluding hydrogens is 414 g/mol. The fourth-order valence-corrected chi connectivity index (χ4v) is 4.31. The molecule has 0 radical (unpaired) electrons. The van der Waals surface area contributed by atoms with E-state index in [0.717, 1.165) is 18.1 Å². The monoisotopic (exact) mass is 433 g/mol. The average Bonchev–Trinajstić information content (AvgIpc) is 2.96. The van der Waals surface area contributed by atoms with Gasteiger partial charge in [0.15, 0.2) is 0 Å². The Labute approximate surface area is 175 Å². The summed E-state index contributed by atoms with van der Waals surface area (Å²) in [5.41, 5.74) is 5.00. The minimum absolute atomic E-state index is 0.900. The number of aromatic nitrogens is 1. The van der Waals surface area contributed by atoms with Crippen LogP contribution in [0.25, 0.3) is 21.9 Å². The topological polar surface area (TPSA) is 105 Å². The highest BCUT2D eigenvalue weighted by molar-refractivity contribution is 7.18. The molecule has 0 spiro atoms. The summed E-state index contributed by atoms with van der Waals surface area (Å²) in [5.74, 6) is 1.83. The van der Waals surface area contributed by atoms with E-state index in [1.165, 1.54) is 31.9 Å². The predicted molar refractivity (Wildman–Crippen MR) is 101 cm³/mol. The molecule has 6 nitrogen and oxygen atoms in total. The lowest BCUT2D eigenvalue weighted by Gasteiger charge is -2.17. The Bertz CT molecular complexity index is 1090. The third kappa shape index (κ3) is 5.42. The van der Waals surface area contributed by atoms with Gasteiger partial charge in [0.1, 0.15) is 22.8 Å². The maximum absolute atomic E-state index is 8.49. The Hall–Kier alpha value is -2.26. The first kappa shape index (κ1) is 21.4. The number of para-hydroxylation sites is 1.